The van der Waals surface area contributed by atoms with Crippen molar-refractivity contribution < 1.29 is 31.7 Å². The highest BCUT2D eigenvalue weighted by Gasteiger charge is 2.40. The molecule has 1 heterocycles. The van der Waals surface area contributed by atoms with E-state index in [0.29, 0.717) is 6.42 Å². The summed E-state index contributed by atoms with van der Waals surface area (Å²) in [4.78, 5) is 25.2. The molecule has 1 aliphatic rings. The van der Waals surface area contributed by atoms with Crippen molar-refractivity contribution in [1.29, 1.82) is 0 Å². The number of hydrogen-bond acceptors (Lipinski definition) is 7. The Morgan fingerprint density at radius 3 is 2.23 bits per heavy atom. The van der Waals surface area contributed by atoms with Crippen molar-refractivity contribution >= 4 is 22.2 Å². The molecule has 1 fully saturated rings. The quantitative estimate of drug-likeness (QED) is 0.557. The molecule has 2 unspecified atom stereocenters. The van der Waals surface area contributed by atoms with Gasteiger partial charge in [-0.05, 0) is 33.6 Å². The fraction of sp³-hybridized carbons (Fsp3) is 0.846. The Balaban J connectivity index is 2.91. The van der Waals surface area contributed by atoms with Gasteiger partial charge in [0.05, 0.1) is 26.0 Å². The van der Waals surface area contributed by atoms with E-state index < -0.39 is 39.9 Å². The van der Waals surface area contributed by atoms with Gasteiger partial charge < -0.3 is 9.47 Å². The maximum absolute atomic E-state index is 12.2. The fourth-order valence-corrected chi connectivity index (χ4v) is 2.82. The van der Waals surface area contributed by atoms with Crippen LogP contribution < -0.4 is 0 Å². The largest absolute Gasteiger partial charge is 0.467 e. The second kappa shape index (κ2) is 6.82. The van der Waals surface area contributed by atoms with Gasteiger partial charge in [0.2, 0.25) is 0 Å². The maximum Gasteiger partial charge on any atom is 0.411 e. The van der Waals surface area contributed by atoms with Crippen LogP contribution in [0.1, 0.15) is 33.6 Å². The van der Waals surface area contributed by atoms with E-state index in [1.165, 1.54) is 7.11 Å². The number of esters is 1. The van der Waals surface area contributed by atoms with E-state index in [0.717, 1.165) is 11.2 Å². The first-order valence-corrected chi connectivity index (χ1v) is 8.70. The Bertz CT molecular complexity index is 523. The number of hydrogen-bond donors (Lipinski definition) is 0. The smallest absolute Gasteiger partial charge is 0.411 e. The number of piperidine rings is 1. The third-order valence-electron chi connectivity index (χ3n) is 2.95. The molecule has 128 valence electrons. The van der Waals surface area contributed by atoms with Crippen molar-refractivity contribution in [2.45, 2.75) is 51.4 Å². The van der Waals surface area contributed by atoms with E-state index >= 15 is 0 Å². The van der Waals surface area contributed by atoms with Crippen molar-refractivity contribution in [3.05, 3.63) is 0 Å². The van der Waals surface area contributed by atoms with Gasteiger partial charge in [-0.1, -0.05) is 0 Å². The van der Waals surface area contributed by atoms with Gasteiger partial charge in [0.1, 0.15) is 11.6 Å². The summed E-state index contributed by atoms with van der Waals surface area (Å²) in [5.41, 5.74) is -0.734. The Morgan fingerprint density at radius 1 is 1.18 bits per heavy atom. The SMILES string of the molecule is COC(=O)C1CCC(OS(C)(=O)=O)CN1C(=O)OC(C)(C)C. The zero-order valence-electron chi connectivity index (χ0n) is 13.5. The molecule has 1 aliphatic heterocycles. The Labute approximate surface area is 130 Å². The summed E-state index contributed by atoms with van der Waals surface area (Å²) in [5.74, 6) is -0.566. The summed E-state index contributed by atoms with van der Waals surface area (Å²) in [6, 6.07) is -0.806. The van der Waals surface area contributed by atoms with Gasteiger partial charge in [-0.3, -0.25) is 9.08 Å². The lowest BCUT2D eigenvalue weighted by Crippen LogP contribution is -2.54. The molecule has 0 aliphatic carbocycles. The predicted molar refractivity (Wildman–Crippen MR) is 77.7 cm³/mol. The van der Waals surface area contributed by atoms with Gasteiger partial charge in [-0.25, -0.2) is 9.59 Å². The van der Waals surface area contributed by atoms with Crippen LogP contribution in [-0.2, 0) is 28.6 Å². The average Bonchev–Trinajstić information content (AvgIpc) is 2.33. The molecule has 0 bridgehead atoms. The van der Waals surface area contributed by atoms with E-state index in [-0.39, 0.29) is 13.0 Å². The summed E-state index contributed by atoms with van der Waals surface area (Å²) in [7, 11) is -2.42. The Morgan fingerprint density at radius 2 is 1.77 bits per heavy atom. The number of methoxy groups -OCH3 is 1. The van der Waals surface area contributed by atoms with Gasteiger partial charge in [-0.2, -0.15) is 8.42 Å². The van der Waals surface area contributed by atoms with Crippen molar-refractivity contribution in [3.8, 4) is 0 Å². The molecule has 22 heavy (non-hydrogen) atoms. The molecular weight excluding hydrogens is 314 g/mol. The first kappa shape index (κ1) is 18.7. The number of nitrogens with zero attached hydrogens (tertiary/aromatic N) is 1. The first-order chi connectivity index (χ1) is 9.93. The van der Waals surface area contributed by atoms with E-state index in [2.05, 4.69) is 4.74 Å². The topological polar surface area (TPSA) is 99.2 Å². The molecule has 0 saturated carbocycles. The zero-order chi connectivity index (χ0) is 17.1. The highest BCUT2D eigenvalue weighted by atomic mass is 32.2. The molecule has 0 spiro atoms. The number of likely N-dealkylation sites (tertiary alicyclic amines) is 1. The van der Waals surface area contributed by atoms with Crippen molar-refractivity contribution in [2.75, 3.05) is 19.9 Å². The number of carbonyl (C=O) groups is 2. The van der Waals surface area contributed by atoms with Gasteiger partial charge >= 0.3 is 12.1 Å². The van der Waals surface area contributed by atoms with Gasteiger partial charge in [0.15, 0.2) is 0 Å². The van der Waals surface area contributed by atoms with Crippen molar-refractivity contribution in [3.63, 3.8) is 0 Å². The molecule has 1 rings (SSSR count). The molecule has 0 radical (unpaired) electrons. The Hall–Kier alpha value is -1.35. The summed E-state index contributed by atoms with van der Waals surface area (Å²) in [6.07, 6.45) is 0.100. The van der Waals surface area contributed by atoms with Crippen LogP contribution in [0.25, 0.3) is 0 Å². The molecule has 0 aromatic rings. The average molecular weight is 337 g/mol. The molecule has 0 N–H and O–H groups in total. The number of rotatable bonds is 3. The standard InChI is InChI=1S/C13H23NO7S/c1-13(2,3)20-12(16)14-8-9(21-22(5,17)18)6-7-10(14)11(15)19-4/h9-10H,6-8H2,1-5H3. The normalized spacial score (nSPS) is 23.0. The van der Waals surface area contributed by atoms with Crippen LogP contribution in [-0.4, -0.2) is 63.0 Å². The van der Waals surface area contributed by atoms with Gasteiger partial charge in [-0.15, -0.1) is 0 Å². The van der Waals surface area contributed by atoms with Crippen LogP contribution in [0.3, 0.4) is 0 Å². The molecule has 8 nitrogen and oxygen atoms in total. The summed E-state index contributed by atoms with van der Waals surface area (Å²) < 4.78 is 37.3. The third-order valence-corrected chi connectivity index (χ3v) is 3.57. The minimum atomic E-state index is -3.65. The lowest BCUT2D eigenvalue weighted by molar-refractivity contribution is -0.149. The molecule has 1 amide bonds. The fourth-order valence-electron chi connectivity index (χ4n) is 2.17. The van der Waals surface area contributed by atoms with Gasteiger partial charge in [0, 0.05) is 0 Å². The van der Waals surface area contributed by atoms with Gasteiger partial charge in [0.25, 0.3) is 10.1 Å². The summed E-state index contributed by atoms with van der Waals surface area (Å²) >= 11 is 0. The molecular formula is C13H23NO7S. The van der Waals surface area contributed by atoms with E-state index in [1.807, 2.05) is 0 Å². The Kier molecular flexibility index (Phi) is 5.80. The maximum atomic E-state index is 12.2. The van der Waals surface area contributed by atoms with Crippen molar-refractivity contribution in [1.82, 2.24) is 4.90 Å². The lowest BCUT2D eigenvalue weighted by Gasteiger charge is -2.37. The molecule has 0 aromatic carbocycles. The zero-order valence-corrected chi connectivity index (χ0v) is 14.3. The van der Waals surface area contributed by atoms with E-state index in [1.54, 1.807) is 20.8 Å². The van der Waals surface area contributed by atoms with Crippen LogP contribution in [0, 0.1) is 0 Å². The summed E-state index contributed by atoms with van der Waals surface area (Å²) in [5, 5.41) is 0. The molecule has 9 heteroatoms. The predicted octanol–water partition coefficient (Wildman–Crippen LogP) is 0.904. The molecule has 1 saturated heterocycles. The monoisotopic (exact) mass is 337 g/mol. The first-order valence-electron chi connectivity index (χ1n) is 6.88. The number of carbonyl (C=O) groups excluding carboxylic acids is 2. The van der Waals surface area contributed by atoms with Crippen LogP contribution in [0.2, 0.25) is 0 Å². The van der Waals surface area contributed by atoms with Crippen molar-refractivity contribution in [2.24, 2.45) is 0 Å². The number of ether oxygens (including phenoxy) is 2. The second-order valence-corrected chi connectivity index (χ2v) is 7.77. The second-order valence-electron chi connectivity index (χ2n) is 6.17. The minimum Gasteiger partial charge on any atom is -0.467 e. The van der Waals surface area contributed by atoms with Crippen LogP contribution in [0.4, 0.5) is 4.79 Å². The number of amides is 1. The summed E-state index contributed by atoms with van der Waals surface area (Å²) in [6.45, 7) is 5.05. The molecule has 0 aromatic heterocycles. The van der Waals surface area contributed by atoms with Crippen LogP contribution in [0.15, 0.2) is 0 Å². The highest BCUT2D eigenvalue weighted by Crippen LogP contribution is 2.24. The third kappa shape index (κ3) is 5.80. The van der Waals surface area contributed by atoms with Crippen LogP contribution in [0.5, 0.6) is 0 Å². The minimum absolute atomic E-state index is 0.0538. The van der Waals surface area contributed by atoms with E-state index in [4.69, 9.17) is 8.92 Å². The highest BCUT2D eigenvalue weighted by molar-refractivity contribution is 7.86. The molecule has 2 atom stereocenters. The van der Waals surface area contributed by atoms with Crippen LogP contribution >= 0.6 is 0 Å². The lowest BCUT2D eigenvalue weighted by atomic mass is 10.0. The van der Waals surface area contributed by atoms with E-state index in [9.17, 15) is 18.0 Å².